The summed E-state index contributed by atoms with van der Waals surface area (Å²) < 4.78 is 11.0. The number of carbonyl (C=O) groups is 1. The van der Waals surface area contributed by atoms with E-state index in [0.29, 0.717) is 17.9 Å². The van der Waals surface area contributed by atoms with E-state index >= 15 is 0 Å². The van der Waals surface area contributed by atoms with Crippen LogP contribution < -0.4 is 4.74 Å². The molecule has 3 nitrogen and oxygen atoms in total. The number of hydrogen-bond acceptors (Lipinski definition) is 3. The fourth-order valence-electron chi connectivity index (χ4n) is 1.94. The molecule has 1 unspecified atom stereocenters. The number of ketones is 1. The largest absolute Gasteiger partial charge is 0.489 e. The van der Waals surface area contributed by atoms with Gasteiger partial charge in [-0.25, -0.2) is 0 Å². The maximum absolute atomic E-state index is 11.7. The van der Waals surface area contributed by atoms with Crippen molar-refractivity contribution in [3.63, 3.8) is 0 Å². The van der Waals surface area contributed by atoms with E-state index in [1.165, 1.54) is 0 Å². The average Bonchev–Trinajstić information content (AvgIpc) is 2.43. The van der Waals surface area contributed by atoms with Crippen LogP contribution in [-0.2, 0) is 4.74 Å². The zero-order valence-corrected chi connectivity index (χ0v) is 11.5. The van der Waals surface area contributed by atoms with E-state index in [0.717, 1.165) is 10.8 Å². The van der Waals surface area contributed by atoms with Crippen LogP contribution in [0, 0.1) is 0 Å². The molecule has 2 aromatic rings. The maximum Gasteiger partial charge on any atom is 0.163 e. The Morgan fingerprint density at radius 1 is 1.21 bits per heavy atom. The molecular formula is C16H18O3. The topological polar surface area (TPSA) is 35.5 Å². The van der Waals surface area contributed by atoms with E-state index in [1.54, 1.807) is 14.0 Å². The molecule has 0 aliphatic heterocycles. The number of ether oxygens (including phenoxy) is 2. The molecule has 1 atom stereocenters. The van der Waals surface area contributed by atoms with E-state index in [1.807, 2.05) is 43.3 Å². The third-order valence-corrected chi connectivity index (χ3v) is 3.12. The predicted octanol–water partition coefficient (Wildman–Crippen LogP) is 3.46. The van der Waals surface area contributed by atoms with E-state index in [2.05, 4.69) is 0 Å². The quantitative estimate of drug-likeness (QED) is 0.770. The monoisotopic (exact) mass is 258 g/mol. The van der Waals surface area contributed by atoms with Crippen molar-refractivity contribution in [1.82, 2.24) is 0 Å². The molecule has 0 bridgehead atoms. The zero-order valence-electron chi connectivity index (χ0n) is 11.5. The first-order valence-corrected chi connectivity index (χ1v) is 6.31. The van der Waals surface area contributed by atoms with Crippen molar-refractivity contribution in [3.8, 4) is 5.75 Å². The second-order valence-electron chi connectivity index (χ2n) is 4.58. The molecule has 100 valence electrons. The number of carbonyl (C=O) groups excluding carboxylic acids is 1. The van der Waals surface area contributed by atoms with Gasteiger partial charge in [-0.05, 0) is 25.3 Å². The van der Waals surface area contributed by atoms with Crippen LogP contribution in [0.2, 0.25) is 0 Å². The molecule has 0 aliphatic carbocycles. The van der Waals surface area contributed by atoms with Gasteiger partial charge in [0.2, 0.25) is 0 Å². The van der Waals surface area contributed by atoms with Crippen LogP contribution in [0.25, 0.3) is 10.8 Å². The number of fused-ring (bicyclic) bond motifs is 1. The molecule has 2 rings (SSSR count). The van der Waals surface area contributed by atoms with Crippen LogP contribution in [-0.4, -0.2) is 25.6 Å². The Balaban J connectivity index is 2.46. The minimum Gasteiger partial charge on any atom is -0.489 e. The van der Waals surface area contributed by atoms with Crippen LogP contribution in [0.4, 0.5) is 0 Å². The fourth-order valence-corrected chi connectivity index (χ4v) is 1.94. The molecule has 0 amide bonds. The second kappa shape index (κ2) is 5.85. The second-order valence-corrected chi connectivity index (χ2v) is 4.58. The van der Waals surface area contributed by atoms with E-state index in [9.17, 15) is 4.79 Å². The Bertz CT molecular complexity index is 590. The van der Waals surface area contributed by atoms with Crippen molar-refractivity contribution in [2.75, 3.05) is 13.7 Å². The Labute approximate surface area is 113 Å². The lowest BCUT2D eigenvalue weighted by molar-refractivity contribution is 0.0714. The highest BCUT2D eigenvalue weighted by Crippen LogP contribution is 2.30. The summed E-state index contributed by atoms with van der Waals surface area (Å²) in [5.41, 5.74) is 0.613. The lowest BCUT2D eigenvalue weighted by Gasteiger charge is -2.15. The van der Waals surface area contributed by atoms with E-state index in [4.69, 9.17) is 9.47 Å². The summed E-state index contributed by atoms with van der Waals surface area (Å²) in [6.45, 7) is 3.90. The third-order valence-electron chi connectivity index (χ3n) is 3.12. The summed E-state index contributed by atoms with van der Waals surface area (Å²) in [6, 6.07) is 11.6. The summed E-state index contributed by atoms with van der Waals surface area (Å²) in [6.07, 6.45) is -0.0150. The first-order valence-electron chi connectivity index (χ1n) is 6.31. The molecule has 0 saturated carbocycles. The zero-order chi connectivity index (χ0) is 13.8. The molecule has 0 saturated heterocycles. The number of Topliss-reactive ketones (excluding diaryl/α,β-unsaturated/α-hetero) is 1. The van der Waals surface area contributed by atoms with Gasteiger partial charge in [-0.2, -0.15) is 0 Å². The number of methoxy groups -OCH3 is 1. The van der Waals surface area contributed by atoms with Crippen molar-refractivity contribution in [2.45, 2.75) is 20.0 Å². The normalized spacial score (nSPS) is 12.4. The average molecular weight is 258 g/mol. The van der Waals surface area contributed by atoms with E-state index in [-0.39, 0.29) is 11.9 Å². The molecule has 0 aliphatic rings. The van der Waals surface area contributed by atoms with Crippen LogP contribution >= 0.6 is 0 Å². The summed E-state index contributed by atoms with van der Waals surface area (Å²) in [5.74, 6) is 0.653. The highest BCUT2D eigenvalue weighted by molar-refractivity contribution is 6.03. The van der Waals surface area contributed by atoms with Gasteiger partial charge in [0, 0.05) is 12.5 Å². The lowest BCUT2D eigenvalue weighted by Crippen LogP contribution is -2.17. The number of benzene rings is 2. The molecule has 0 heterocycles. The Kier molecular flexibility index (Phi) is 4.17. The standard InChI is InChI=1S/C16H18O3/c1-11(18-3)10-19-16-14(12(2)17)9-8-13-6-4-5-7-15(13)16/h4-9,11H,10H2,1-3H3. The molecule has 0 spiro atoms. The molecule has 19 heavy (non-hydrogen) atoms. The minimum absolute atomic E-state index is 0.00539. The molecule has 2 aromatic carbocycles. The summed E-state index contributed by atoms with van der Waals surface area (Å²) in [4.78, 5) is 11.7. The molecule has 0 fully saturated rings. The van der Waals surface area contributed by atoms with Gasteiger partial charge in [-0.1, -0.05) is 30.3 Å². The van der Waals surface area contributed by atoms with E-state index < -0.39 is 0 Å². The van der Waals surface area contributed by atoms with Gasteiger partial charge >= 0.3 is 0 Å². The van der Waals surface area contributed by atoms with Crippen molar-refractivity contribution in [3.05, 3.63) is 42.0 Å². The van der Waals surface area contributed by atoms with Crippen LogP contribution in [0.3, 0.4) is 0 Å². The van der Waals surface area contributed by atoms with Crippen LogP contribution in [0.15, 0.2) is 36.4 Å². The Morgan fingerprint density at radius 2 is 1.95 bits per heavy atom. The Hall–Kier alpha value is -1.87. The fraction of sp³-hybridized carbons (Fsp3) is 0.312. The number of rotatable bonds is 5. The smallest absolute Gasteiger partial charge is 0.163 e. The van der Waals surface area contributed by atoms with Gasteiger partial charge in [-0.3, -0.25) is 4.79 Å². The highest BCUT2D eigenvalue weighted by atomic mass is 16.5. The van der Waals surface area contributed by atoms with Crippen molar-refractivity contribution in [1.29, 1.82) is 0 Å². The predicted molar refractivity (Wildman–Crippen MR) is 75.9 cm³/mol. The van der Waals surface area contributed by atoms with Crippen LogP contribution in [0.5, 0.6) is 5.75 Å². The van der Waals surface area contributed by atoms with Crippen molar-refractivity contribution < 1.29 is 14.3 Å². The summed E-state index contributed by atoms with van der Waals surface area (Å²) >= 11 is 0. The molecule has 0 aromatic heterocycles. The maximum atomic E-state index is 11.7. The minimum atomic E-state index is -0.0150. The van der Waals surface area contributed by atoms with Crippen LogP contribution in [0.1, 0.15) is 24.2 Å². The third kappa shape index (κ3) is 2.93. The van der Waals surface area contributed by atoms with Gasteiger partial charge in [0.15, 0.2) is 5.78 Å². The highest BCUT2D eigenvalue weighted by Gasteiger charge is 2.13. The summed E-state index contributed by atoms with van der Waals surface area (Å²) in [7, 11) is 1.64. The Morgan fingerprint density at radius 3 is 2.63 bits per heavy atom. The van der Waals surface area contributed by atoms with Gasteiger partial charge in [0.05, 0.1) is 11.7 Å². The van der Waals surface area contributed by atoms with Gasteiger partial charge in [-0.15, -0.1) is 0 Å². The SMILES string of the molecule is COC(C)COc1c(C(C)=O)ccc2ccccc12. The molecular weight excluding hydrogens is 240 g/mol. The molecule has 0 radical (unpaired) electrons. The first kappa shape index (κ1) is 13.6. The number of hydrogen-bond donors (Lipinski definition) is 0. The first-order chi connectivity index (χ1) is 9.13. The molecule has 0 N–H and O–H groups in total. The van der Waals surface area contributed by atoms with Gasteiger partial charge in [0.1, 0.15) is 12.4 Å². The molecule has 3 heteroatoms. The van der Waals surface area contributed by atoms with Crippen molar-refractivity contribution >= 4 is 16.6 Å². The van der Waals surface area contributed by atoms with Gasteiger partial charge in [0.25, 0.3) is 0 Å². The summed E-state index contributed by atoms with van der Waals surface area (Å²) in [5, 5.41) is 2.02. The lowest BCUT2D eigenvalue weighted by atomic mass is 10.0. The van der Waals surface area contributed by atoms with Crippen molar-refractivity contribution in [2.24, 2.45) is 0 Å². The van der Waals surface area contributed by atoms with Gasteiger partial charge < -0.3 is 9.47 Å².